The maximum Gasteiger partial charge on any atom is 0.172 e. The average Bonchev–Trinajstić information content (AvgIpc) is 3.22. The number of allylic oxidation sites excluding steroid dienone is 2. The zero-order valence-electron chi connectivity index (χ0n) is 18.4. The van der Waals surface area contributed by atoms with E-state index in [1.54, 1.807) is 0 Å². The van der Waals surface area contributed by atoms with E-state index in [4.69, 9.17) is 9.47 Å². The number of benzene rings is 4. The smallest absolute Gasteiger partial charge is 0.172 e. The van der Waals surface area contributed by atoms with Crippen LogP contribution in [0.4, 0.5) is 11.4 Å². The van der Waals surface area contributed by atoms with Crippen molar-refractivity contribution < 1.29 is 9.47 Å². The summed E-state index contributed by atoms with van der Waals surface area (Å²) in [6, 6.07) is 29.1. The van der Waals surface area contributed by atoms with Crippen LogP contribution in [-0.4, -0.2) is 0 Å². The zero-order chi connectivity index (χ0) is 22.4. The number of ether oxygens (including phenoxy) is 2. The van der Waals surface area contributed by atoms with E-state index in [9.17, 15) is 0 Å². The molecule has 0 fully saturated rings. The normalized spacial score (nSPS) is 13.1. The fraction of sp³-hybridized carbons (Fsp3) is 0.0667. The van der Waals surface area contributed by atoms with Gasteiger partial charge in [-0.05, 0) is 78.1 Å². The van der Waals surface area contributed by atoms with Gasteiger partial charge in [-0.1, -0.05) is 55.1 Å². The van der Waals surface area contributed by atoms with Crippen molar-refractivity contribution in [2.75, 3.05) is 4.90 Å². The number of rotatable bonds is 4. The van der Waals surface area contributed by atoms with Gasteiger partial charge in [0.25, 0.3) is 0 Å². The molecule has 0 saturated heterocycles. The molecule has 4 aromatic carbocycles. The van der Waals surface area contributed by atoms with Crippen molar-refractivity contribution in [2.45, 2.75) is 13.3 Å². The van der Waals surface area contributed by atoms with Gasteiger partial charge in [0.15, 0.2) is 23.0 Å². The molecular formula is C30H23NO2. The van der Waals surface area contributed by atoms with Crippen molar-refractivity contribution in [3.63, 3.8) is 0 Å². The van der Waals surface area contributed by atoms with Gasteiger partial charge in [0.2, 0.25) is 0 Å². The molecule has 2 aliphatic rings. The van der Waals surface area contributed by atoms with Crippen LogP contribution in [0.3, 0.4) is 0 Å². The van der Waals surface area contributed by atoms with Gasteiger partial charge in [-0.3, -0.25) is 0 Å². The maximum atomic E-state index is 6.38. The van der Waals surface area contributed by atoms with E-state index in [2.05, 4.69) is 66.1 Å². The van der Waals surface area contributed by atoms with E-state index < -0.39 is 0 Å². The Morgan fingerprint density at radius 1 is 0.727 bits per heavy atom. The van der Waals surface area contributed by atoms with E-state index in [0.717, 1.165) is 35.0 Å². The molecule has 1 heterocycles. The van der Waals surface area contributed by atoms with Crippen LogP contribution in [0, 0.1) is 0 Å². The Hall–Kier alpha value is -4.24. The molecule has 1 aliphatic carbocycles. The van der Waals surface area contributed by atoms with Gasteiger partial charge < -0.3 is 14.4 Å². The van der Waals surface area contributed by atoms with E-state index in [1.807, 2.05) is 49.4 Å². The summed E-state index contributed by atoms with van der Waals surface area (Å²) in [4.78, 5) is 2.16. The van der Waals surface area contributed by atoms with Gasteiger partial charge in [0.05, 0.1) is 5.69 Å². The second kappa shape index (κ2) is 7.72. The number of hydrogen-bond donors (Lipinski definition) is 0. The molecule has 160 valence electrons. The lowest BCUT2D eigenvalue weighted by molar-refractivity contribution is 0.359. The molecule has 0 amide bonds. The monoisotopic (exact) mass is 429 g/mol. The van der Waals surface area contributed by atoms with Crippen LogP contribution in [0.25, 0.3) is 11.1 Å². The Morgan fingerprint density at radius 2 is 1.45 bits per heavy atom. The van der Waals surface area contributed by atoms with Crippen LogP contribution >= 0.6 is 0 Å². The molecule has 6 rings (SSSR count). The highest BCUT2D eigenvalue weighted by Gasteiger charge is 2.26. The number of anilines is 2. The van der Waals surface area contributed by atoms with Crippen molar-refractivity contribution >= 4 is 11.4 Å². The molecule has 0 saturated carbocycles. The van der Waals surface area contributed by atoms with Crippen LogP contribution in [0.2, 0.25) is 0 Å². The number of hydrogen-bond acceptors (Lipinski definition) is 3. The Kier molecular flexibility index (Phi) is 4.55. The molecule has 0 aromatic heterocycles. The van der Waals surface area contributed by atoms with Crippen molar-refractivity contribution in [3.8, 4) is 34.1 Å². The Labute approximate surface area is 193 Å². The summed E-state index contributed by atoms with van der Waals surface area (Å²) in [6.07, 6.45) is 4.83. The Morgan fingerprint density at radius 3 is 2.27 bits per heavy atom. The largest absolute Gasteiger partial charge is 0.449 e. The first kappa shape index (κ1) is 19.4. The van der Waals surface area contributed by atoms with Crippen molar-refractivity contribution in [3.05, 3.63) is 120 Å². The summed E-state index contributed by atoms with van der Waals surface area (Å²) < 4.78 is 12.7. The highest BCUT2D eigenvalue weighted by molar-refractivity contribution is 5.80. The van der Waals surface area contributed by atoms with Gasteiger partial charge in [0.1, 0.15) is 0 Å². The molecule has 4 aromatic rings. The van der Waals surface area contributed by atoms with Crippen LogP contribution in [0.15, 0.2) is 109 Å². The van der Waals surface area contributed by atoms with E-state index >= 15 is 0 Å². The SMILES string of the molecule is C=C/C(=C\C)N(c1ccccc1)c1ccc2c(c1)Oc1cc3c(cc1O2)-c1ccccc1C3. The van der Waals surface area contributed by atoms with Gasteiger partial charge in [-0.2, -0.15) is 0 Å². The molecule has 3 nitrogen and oxygen atoms in total. The number of nitrogens with zero attached hydrogens (tertiary/aromatic N) is 1. The molecule has 3 heteroatoms. The summed E-state index contributed by atoms with van der Waals surface area (Å²) in [7, 11) is 0. The second-order valence-electron chi connectivity index (χ2n) is 8.21. The minimum absolute atomic E-state index is 0.705. The molecule has 1 aliphatic heterocycles. The van der Waals surface area contributed by atoms with Crippen LogP contribution in [0.1, 0.15) is 18.1 Å². The van der Waals surface area contributed by atoms with Crippen LogP contribution in [-0.2, 0) is 6.42 Å². The topological polar surface area (TPSA) is 21.7 Å². The van der Waals surface area contributed by atoms with Crippen molar-refractivity contribution in [2.24, 2.45) is 0 Å². The first-order valence-corrected chi connectivity index (χ1v) is 11.1. The molecular weight excluding hydrogens is 406 g/mol. The summed E-state index contributed by atoms with van der Waals surface area (Å²) in [5.74, 6) is 2.93. The van der Waals surface area contributed by atoms with Crippen LogP contribution < -0.4 is 14.4 Å². The summed E-state index contributed by atoms with van der Waals surface area (Å²) in [5.41, 5.74) is 8.15. The fourth-order valence-corrected chi connectivity index (χ4v) is 4.70. The summed E-state index contributed by atoms with van der Waals surface area (Å²) in [5, 5.41) is 0. The Bertz CT molecular complexity index is 1420. The molecule has 0 unspecified atom stereocenters. The molecule has 0 N–H and O–H groups in total. The average molecular weight is 430 g/mol. The van der Waals surface area contributed by atoms with E-state index in [1.165, 1.54) is 22.3 Å². The highest BCUT2D eigenvalue weighted by Crippen LogP contribution is 2.51. The number of para-hydroxylation sites is 1. The zero-order valence-corrected chi connectivity index (χ0v) is 18.4. The minimum atomic E-state index is 0.705. The van der Waals surface area contributed by atoms with Crippen LogP contribution in [0.5, 0.6) is 23.0 Å². The quantitative estimate of drug-likeness (QED) is 0.263. The van der Waals surface area contributed by atoms with E-state index in [0.29, 0.717) is 11.5 Å². The third kappa shape index (κ3) is 3.21. The molecule has 0 bridgehead atoms. The molecule has 33 heavy (non-hydrogen) atoms. The third-order valence-electron chi connectivity index (χ3n) is 6.26. The predicted octanol–water partition coefficient (Wildman–Crippen LogP) is 8.38. The van der Waals surface area contributed by atoms with Gasteiger partial charge >= 0.3 is 0 Å². The van der Waals surface area contributed by atoms with E-state index in [-0.39, 0.29) is 0 Å². The lowest BCUT2D eigenvalue weighted by Crippen LogP contribution is -2.15. The lowest BCUT2D eigenvalue weighted by atomic mass is 10.0. The minimum Gasteiger partial charge on any atom is -0.449 e. The summed E-state index contributed by atoms with van der Waals surface area (Å²) >= 11 is 0. The fourth-order valence-electron chi connectivity index (χ4n) is 4.70. The molecule has 0 radical (unpaired) electrons. The van der Waals surface area contributed by atoms with Gasteiger partial charge in [0, 0.05) is 17.5 Å². The standard InChI is InChI=1S/C30H23NO2/c1-3-22(4-2)31(23-11-6-5-7-12-23)24-14-15-27-29(18-24)33-28-17-21-16-20-10-8-9-13-25(20)26(21)19-30(28)32-27/h3-15,17-19H,1,16H2,2H3/b22-4+. The number of fused-ring (bicyclic) bond motifs is 5. The first-order valence-electron chi connectivity index (χ1n) is 11.1. The second-order valence-corrected chi connectivity index (χ2v) is 8.21. The lowest BCUT2D eigenvalue weighted by Gasteiger charge is -2.28. The maximum absolute atomic E-state index is 6.38. The predicted molar refractivity (Wildman–Crippen MR) is 134 cm³/mol. The van der Waals surface area contributed by atoms with Gasteiger partial charge in [-0.25, -0.2) is 0 Å². The first-order chi connectivity index (χ1) is 16.2. The third-order valence-corrected chi connectivity index (χ3v) is 6.26. The molecule has 0 spiro atoms. The van der Waals surface area contributed by atoms with Crippen molar-refractivity contribution in [1.29, 1.82) is 0 Å². The highest BCUT2D eigenvalue weighted by atomic mass is 16.6. The Balaban J connectivity index is 1.39. The summed E-state index contributed by atoms with van der Waals surface area (Å²) in [6.45, 7) is 6.02. The van der Waals surface area contributed by atoms with Gasteiger partial charge in [-0.15, -0.1) is 0 Å². The molecule has 0 atom stereocenters. The van der Waals surface area contributed by atoms with Crippen molar-refractivity contribution in [1.82, 2.24) is 0 Å².